The Hall–Kier alpha value is -2.56. The standard InChI is InChI=1S/C26H32N4/c1-3-9-25-23(7-1)11-17-29(25)15-5-13-27-19-21-28(22-20-27)14-6-16-30-18-12-24-8-2-4-10-26(24)30/h1-4,7-12,17-18H,5-6,13-16,19-22H2. The maximum atomic E-state index is 2.64. The first-order valence-corrected chi connectivity index (χ1v) is 11.4. The molecule has 4 nitrogen and oxygen atoms in total. The summed E-state index contributed by atoms with van der Waals surface area (Å²) in [5.74, 6) is 0. The Morgan fingerprint density at radius 2 is 0.933 bits per heavy atom. The van der Waals surface area contributed by atoms with Crippen LogP contribution in [0.15, 0.2) is 73.1 Å². The summed E-state index contributed by atoms with van der Waals surface area (Å²) in [6.07, 6.45) is 6.91. The van der Waals surface area contributed by atoms with Crippen molar-refractivity contribution < 1.29 is 0 Å². The Balaban J connectivity index is 1.02. The number of piperazine rings is 1. The maximum absolute atomic E-state index is 2.64. The average molecular weight is 401 g/mol. The van der Waals surface area contributed by atoms with E-state index in [2.05, 4.69) is 92.0 Å². The van der Waals surface area contributed by atoms with Gasteiger partial charge in [-0.3, -0.25) is 0 Å². The molecule has 0 aliphatic carbocycles. The number of fused-ring (bicyclic) bond motifs is 2. The second-order valence-corrected chi connectivity index (χ2v) is 8.53. The molecule has 2 aromatic carbocycles. The maximum Gasteiger partial charge on any atom is 0.0480 e. The summed E-state index contributed by atoms with van der Waals surface area (Å²) in [5, 5.41) is 2.69. The van der Waals surface area contributed by atoms with Crippen LogP contribution < -0.4 is 0 Å². The van der Waals surface area contributed by atoms with Crippen molar-refractivity contribution in [3.05, 3.63) is 73.1 Å². The second-order valence-electron chi connectivity index (χ2n) is 8.53. The molecule has 1 aliphatic heterocycles. The summed E-state index contributed by atoms with van der Waals surface area (Å²) in [4.78, 5) is 5.28. The largest absolute Gasteiger partial charge is 0.347 e. The predicted molar refractivity (Wildman–Crippen MR) is 126 cm³/mol. The normalized spacial score (nSPS) is 16.0. The van der Waals surface area contributed by atoms with Crippen LogP contribution in [0.5, 0.6) is 0 Å². The molecule has 4 heteroatoms. The molecule has 1 aliphatic rings. The van der Waals surface area contributed by atoms with Crippen molar-refractivity contribution in [3.8, 4) is 0 Å². The highest BCUT2D eigenvalue weighted by molar-refractivity contribution is 5.80. The number of para-hydroxylation sites is 2. The van der Waals surface area contributed by atoms with E-state index >= 15 is 0 Å². The molecule has 30 heavy (non-hydrogen) atoms. The van der Waals surface area contributed by atoms with Crippen LogP contribution in [0.4, 0.5) is 0 Å². The van der Waals surface area contributed by atoms with Crippen molar-refractivity contribution in [2.75, 3.05) is 39.3 Å². The zero-order chi connectivity index (χ0) is 20.2. The first-order chi connectivity index (χ1) is 14.9. The first-order valence-electron chi connectivity index (χ1n) is 11.4. The Bertz CT molecular complexity index is 997. The van der Waals surface area contributed by atoms with Crippen molar-refractivity contribution in [1.29, 1.82) is 0 Å². The van der Waals surface area contributed by atoms with Gasteiger partial charge in [0.15, 0.2) is 0 Å². The number of benzene rings is 2. The van der Waals surface area contributed by atoms with Gasteiger partial charge in [-0.2, -0.15) is 0 Å². The lowest BCUT2D eigenvalue weighted by molar-refractivity contribution is 0.128. The number of aromatic nitrogens is 2. The molecular weight excluding hydrogens is 368 g/mol. The van der Waals surface area contributed by atoms with Gasteiger partial charge < -0.3 is 18.9 Å². The molecule has 156 valence electrons. The zero-order valence-corrected chi connectivity index (χ0v) is 17.8. The van der Waals surface area contributed by atoms with Gasteiger partial charge in [-0.05, 0) is 61.0 Å². The smallest absolute Gasteiger partial charge is 0.0480 e. The molecular formula is C26H32N4. The molecule has 5 rings (SSSR count). The topological polar surface area (TPSA) is 16.3 Å². The number of aryl methyl sites for hydroxylation is 2. The van der Waals surface area contributed by atoms with Crippen LogP contribution in [0.1, 0.15) is 12.8 Å². The van der Waals surface area contributed by atoms with Gasteiger partial charge in [-0.15, -0.1) is 0 Å². The molecule has 1 saturated heterocycles. The fourth-order valence-corrected chi connectivity index (χ4v) is 4.84. The third-order valence-electron chi connectivity index (χ3n) is 6.57. The first kappa shape index (κ1) is 19.4. The van der Waals surface area contributed by atoms with Gasteiger partial charge in [0.1, 0.15) is 0 Å². The lowest BCUT2D eigenvalue weighted by Crippen LogP contribution is -2.46. The Morgan fingerprint density at radius 1 is 0.500 bits per heavy atom. The van der Waals surface area contributed by atoms with E-state index < -0.39 is 0 Å². The molecule has 2 aromatic heterocycles. The minimum absolute atomic E-state index is 1.11. The van der Waals surface area contributed by atoms with Gasteiger partial charge in [0.2, 0.25) is 0 Å². The van der Waals surface area contributed by atoms with Gasteiger partial charge in [-0.1, -0.05) is 36.4 Å². The predicted octanol–water partition coefficient (Wildman–Crippen LogP) is 4.69. The quantitative estimate of drug-likeness (QED) is 0.426. The van der Waals surface area contributed by atoms with Crippen LogP contribution in [-0.2, 0) is 13.1 Å². The molecule has 0 saturated carbocycles. The molecule has 3 heterocycles. The molecule has 0 N–H and O–H groups in total. The molecule has 0 atom stereocenters. The molecule has 4 aromatic rings. The van der Waals surface area contributed by atoms with Crippen molar-refractivity contribution in [3.63, 3.8) is 0 Å². The van der Waals surface area contributed by atoms with Crippen LogP contribution in [0.2, 0.25) is 0 Å². The second kappa shape index (κ2) is 9.07. The van der Waals surface area contributed by atoms with E-state index in [1.54, 1.807) is 0 Å². The van der Waals surface area contributed by atoms with Gasteiger partial charge in [0.25, 0.3) is 0 Å². The SMILES string of the molecule is c1ccc2c(c1)ccn2CCCN1CCN(CCCn2ccc3ccccc32)CC1. The summed E-state index contributed by atoms with van der Waals surface area (Å²) in [6, 6.07) is 21.8. The van der Waals surface area contributed by atoms with E-state index in [1.807, 2.05) is 0 Å². The van der Waals surface area contributed by atoms with Crippen LogP contribution >= 0.6 is 0 Å². The van der Waals surface area contributed by atoms with E-state index in [0.717, 1.165) is 13.1 Å². The van der Waals surface area contributed by atoms with Crippen molar-refractivity contribution >= 4 is 21.8 Å². The van der Waals surface area contributed by atoms with E-state index in [4.69, 9.17) is 0 Å². The Labute approximate surface area is 179 Å². The van der Waals surface area contributed by atoms with E-state index in [-0.39, 0.29) is 0 Å². The minimum Gasteiger partial charge on any atom is -0.347 e. The van der Waals surface area contributed by atoms with Gasteiger partial charge in [-0.25, -0.2) is 0 Å². The highest BCUT2D eigenvalue weighted by atomic mass is 15.3. The van der Waals surface area contributed by atoms with Crippen molar-refractivity contribution in [1.82, 2.24) is 18.9 Å². The van der Waals surface area contributed by atoms with Crippen LogP contribution in [0.3, 0.4) is 0 Å². The number of nitrogens with zero attached hydrogens (tertiary/aromatic N) is 4. The van der Waals surface area contributed by atoms with Crippen LogP contribution in [-0.4, -0.2) is 58.2 Å². The van der Waals surface area contributed by atoms with Crippen molar-refractivity contribution in [2.45, 2.75) is 25.9 Å². The summed E-state index contributed by atoms with van der Waals surface area (Å²) >= 11 is 0. The lowest BCUT2D eigenvalue weighted by Gasteiger charge is -2.34. The fraction of sp³-hybridized carbons (Fsp3) is 0.385. The van der Waals surface area contributed by atoms with Gasteiger partial charge in [0.05, 0.1) is 0 Å². The minimum atomic E-state index is 1.11. The molecule has 0 amide bonds. The summed E-state index contributed by atoms with van der Waals surface area (Å²) in [6.45, 7) is 9.46. The third-order valence-corrected chi connectivity index (χ3v) is 6.57. The molecule has 0 bridgehead atoms. The summed E-state index contributed by atoms with van der Waals surface area (Å²) < 4.78 is 4.80. The van der Waals surface area contributed by atoms with E-state index in [1.165, 1.54) is 73.9 Å². The van der Waals surface area contributed by atoms with Crippen LogP contribution in [0.25, 0.3) is 21.8 Å². The average Bonchev–Trinajstić information content (AvgIpc) is 3.40. The lowest BCUT2D eigenvalue weighted by atomic mass is 10.2. The highest BCUT2D eigenvalue weighted by Crippen LogP contribution is 2.17. The Kier molecular flexibility index (Phi) is 5.87. The van der Waals surface area contributed by atoms with Crippen molar-refractivity contribution in [2.24, 2.45) is 0 Å². The monoisotopic (exact) mass is 400 g/mol. The van der Waals surface area contributed by atoms with Crippen LogP contribution in [0, 0.1) is 0 Å². The Morgan fingerprint density at radius 3 is 1.40 bits per heavy atom. The molecule has 0 radical (unpaired) electrons. The van der Waals surface area contributed by atoms with Gasteiger partial charge in [0, 0.05) is 62.7 Å². The van der Waals surface area contributed by atoms with E-state index in [0.29, 0.717) is 0 Å². The third kappa shape index (κ3) is 4.30. The number of hydrogen-bond acceptors (Lipinski definition) is 2. The fourth-order valence-electron chi connectivity index (χ4n) is 4.84. The molecule has 0 unspecified atom stereocenters. The van der Waals surface area contributed by atoms with Gasteiger partial charge >= 0.3 is 0 Å². The molecule has 1 fully saturated rings. The summed E-state index contributed by atoms with van der Waals surface area (Å²) in [7, 11) is 0. The number of hydrogen-bond donors (Lipinski definition) is 0. The highest BCUT2D eigenvalue weighted by Gasteiger charge is 2.16. The van der Waals surface area contributed by atoms with E-state index in [9.17, 15) is 0 Å². The number of rotatable bonds is 8. The summed E-state index contributed by atoms with van der Waals surface area (Å²) in [5.41, 5.74) is 2.72. The zero-order valence-electron chi connectivity index (χ0n) is 17.8. The molecule has 0 spiro atoms.